The molecule has 0 saturated heterocycles. The molecule has 0 bridgehead atoms. The lowest BCUT2D eigenvalue weighted by atomic mass is 9.80. The van der Waals surface area contributed by atoms with E-state index in [-0.39, 0.29) is 22.2 Å². The van der Waals surface area contributed by atoms with Gasteiger partial charge < -0.3 is 4.74 Å². The number of hydrogen-bond acceptors (Lipinski definition) is 5. The highest BCUT2D eigenvalue weighted by Crippen LogP contribution is 2.35. The number of nitrogens with zero attached hydrogens (tertiary/aromatic N) is 1. The molecule has 2 rings (SSSR count). The maximum absolute atomic E-state index is 12.3. The van der Waals surface area contributed by atoms with Crippen LogP contribution in [0, 0.1) is 10.1 Å². The molecule has 0 aliphatic heterocycles. The van der Waals surface area contributed by atoms with E-state index in [1.807, 2.05) is 0 Å². The minimum Gasteiger partial charge on any atom is -0.377 e. The largest absolute Gasteiger partial charge is 0.377 e. The second-order valence-electron chi connectivity index (χ2n) is 4.94. The normalized spacial score (nSPS) is 17.2. The minimum absolute atomic E-state index is 0.0619. The van der Waals surface area contributed by atoms with Crippen molar-refractivity contribution < 1.29 is 18.1 Å². The predicted molar refractivity (Wildman–Crippen MR) is 76.9 cm³/mol. The van der Waals surface area contributed by atoms with Gasteiger partial charge in [-0.25, -0.2) is 13.1 Å². The van der Waals surface area contributed by atoms with Crippen LogP contribution in [0.2, 0.25) is 5.02 Å². The van der Waals surface area contributed by atoms with Gasteiger partial charge in [-0.15, -0.1) is 0 Å². The summed E-state index contributed by atoms with van der Waals surface area (Å²) in [7, 11) is -2.40. The average molecular weight is 335 g/mol. The Balaban J connectivity index is 2.23. The Bertz CT molecular complexity index is 652. The van der Waals surface area contributed by atoms with Gasteiger partial charge in [0.15, 0.2) is 0 Å². The molecule has 1 aliphatic carbocycles. The molecule has 7 nitrogen and oxygen atoms in total. The minimum atomic E-state index is -3.93. The summed E-state index contributed by atoms with van der Waals surface area (Å²) in [6.07, 6.45) is 2.52. The summed E-state index contributed by atoms with van der Waals surface area (Å²) in [5.41, 5.74) is -0.815. The third kappa shape index (κ3) is 3.34. The quantitative estimate of drug-likeness (QED) is 0.634. The summed E-state index contributed by atoms with van der Waals surface area (Å²) in [4.78, 5) is 9.77. The Morgan fingerprint density at radius 1 is 1.48 bits per heavy atom. The van der Waals surface area contributed by atoms with Crippen molar-refractivity contribution in [3.63, 3.8) is 0 Å². The van der Waals surface area contributed by atoms with Crippen molar-refractivity contribution in [3.8, 4) is 0 Å². The summed E-state index contributed by atoms with van der Waals surface area (Å²) in [6.45, 7) is 0.116. The van der Waals surface area contributed by atoms with Gasteiger partial charge in [-0.3, -0.25) is 10.1 Å². The van der Waals surface area contributed by atoms with Gasteiger partial charge in [0.25, 0.3) is 5.69 Å². The van der Waals surface area contributed by atoms with Gasteiger partial charge in [-0.2, -0.15) is 0 Å². The monoisotopic (exact) mass is 334 g/mol. The summed E-state index contributed by atoms with van der Waals surface area (Å²) in [6, 6.07) is 3.30. The molecule has 0 unspecified atom stereocenters. The van der Waals surface area contributed by atoms with Gasteiger partial charge in [0.2, 0.25) is 10.0 Å². The molecule has 0 heterocycles. The first kappa shape index (κ1) is 16.2. The molecule has 1 N–H and O–H groups in total. The van der Waals surface area contributed by atoms with E-state index in [0.29, 0.717) is 0 Å². The molecule has 1 aromatic rings. The van der Waals surface area contributed by atoms with Crippen molar-refractivity contribution in [3.05, 3.63) is 33.3 Å². The zero-order chi connectivity index (χ0) is 15.7. The summed E-state index contributed by atoms with van der Waals surface area (Å²) >= 11 is 5.84. The van der Waals surface area contributed by atoms with Crippen molar-refractivity contribution in [2.24, 2.45) is 0 Å². The van der Waals surface area contributed by atoms with Crippen LogP contribution in [-0.4, -0.2) is 32.6 Å². The van der Waals surface area contributed by atoms with Gasteiger partial charge in [0, 0.05) is 25.8 Å². The fraction of sp³-hybridized carbons (Fsp3) is 0.500. The fourth-order valence-corrected chi connectivity index (χ4v) is 3.77. The Hall–Kier alpha value is -1.22. The first-order chi connectivity index (χ1) is 9.80. The molecular weight excluding hydrogens is 320 g/mol. The number of halogens is 1. The lowest BCUT2D eigenvalue weighted by Crippen LogP contribution is -2.49. The van der Waals surface area contributed by atoms with Gasteiger partial charge in [-0.05, 0) is 25.3 Å². The second-order valence-corrected chi connectivity index (χ2v) is 7.08. The molecule has 116 valence electrons. The SMILES string of the molecule is COC1(CNS(=O)(=O)c2cc([N+](=O)[O-])ccc2Cl)CCC1. The van der Waals surface area contributed by atoms with E-state index in [9.17, 15) is 18.5 Å². The summed E-state index contributed by atoms with van der Waals surface area (Å²) in [5.74, 6) is 0. The van der Waals surface area contributed by atoms with E-state index in [1.165, 1.54) is 13.2 Å². The third-order valence-electron chi connectivity index (χ3n) is 3.70. The molecule has 0 amide bonds. The number of nitrogens with one attached hydrogen (secondary N) is 1. The second kappa shape index (κ2) is 5.88. The highest BCUT2D eigenvalue weighted by Gasteiger charge is 2.38. The van der Waals surface area contributed by atoms with E-state index in [0.717, 1.165) is 31.4 Å². The van der Waals surface area contributed by atoms with Gasteiger partial charge in [0.1, 0.15) is 4.90 Å². The molecule has 0 spiro atoms. The van der Waals surface area contributed by atoms with E-state index < -0.39 is 20.5 Å². The summed E-state index contributed by atoms with van der Waals surface area (Å²) < 4.78 is 32.3. The number of non-ortho nitro benzene ring substituents is 1. The first-order valence-corrected chi connectivity index (χ1v) is 8.15. The van der Waals surface area contributed by atoms with Crippen molar-refractivity contribution in [1.29, 1.82) is 0 Å². The number of ether oxygens (including phenoxy) is 1. The van der Waals surface area contributed by atoms with Crippen LogP contribution in [0.1, 0.15) is 19.3 Å². The fourth-order valence-electron chi connectivity index (χ4n) is 2.14. The predicted octanol–water partition coefficient (Wildman–Crippen LogP) is 2.10. The van der Waals surface area contributed by atoms with E-state index in [4.69, 9.17) is 16.3 Å². The van der Waals surface area contributed by atoms with Crippen LogP contribution >= 0.6 is 11.6 Å². The molecule has 21 heavy (non-hydrogen) atoms. The van der Waals surface area contributed by atoms with Crippen molar-refractivity contribution in [1.82, 2.24) is 4.72 Å². The molecule has 1 saturated carbocycles. The first-order valence-electron chi connectivity index (χ1n) is 6.28. The van der Waals surface area contributed by atoms with Crippen LogP contribution in [0.15, 0.2) is 23.1 Å². The molecule has 1 aromatic carbocycles. The number of hydrogen-bond donors (Lipinski definition) is 1. The Kier molecular flexibility index (Phi) is 4.52. The zero-order valence-electron chi connectivity index (χ0n) is 11.3. The lowest BCUT2D eigenvalue weighted by molar-refractivity contribution is -0.385. The van der Waals surface area contributed by atoms with Gasteiger partial charge in [-0.1, -0.05) is 11.6 Å². The van der Waals surface area contributed by atoms with E-state index in [1.54, 1.807) is 0 Å². The maximum atomic E-state index is 12.3. The topological polar surface area (TPSA) is 98.5 Å². The van der Waals surface area contributed by atoms with Gasteiger partial charge in [0.05, 0.1) is 15.5 Å². The molecule has 0 atom stereocenters. The van der Waals surface area contributed by atoms with E-state index in [2.05, 4.69) is 4.72 Å². The smallest absolute Gasteiger partial charge is 0.270 e. The standard InChI is InChI=1S/C12H15ClN2O5S/c1-20-12(5-2-6-12)8-14-21(18,19)11-7-9(15(16)17)3-4-10(11)13/h3-4,7,14H,2,5-6,8H2,1H3. The third-order valence-corrected chi connectivity index (χ3v) is 5.58. The van der Waals surface area contributed by atoms with Crippen LogP contribution in [0.3, 0.4) is 0 Å². The molecule has 0 aromatic heterocycles. The highest BCUT2D eigenvalue weighted by molar-refractivity contribution is 7.89. The number of benzene rings is 1. The molecule has 0 radical (unpaired) electrons. The number of sulfonamides is 1. The average Bonchev–Trinajstić information content (AvgIpc) is 2.38. The summed E-state index contributed by atoms with van der Waals surface area (Å²) in [5, 5.41) is 10.7. The Morgan fingerprint density at radius 2 is 2.14 bits per heavy atom. The lowest BCUT2D eigenvalue weighted by Gasteiger charge is -2.40. The maximum Gasteiger partial charge on any atom is 0.270 e. The molecule has 1 aliphatic rings. The van der Waals surface area contributed by atoms with E-state index >= 15 is 0 Å². The molecular formula is C12H15ClN2O5S. The van der Waals surface area contributed by atoms with Crippen molar-refractivity contribution in [2.75, 3.05) is 13.7 Å². The van der Waals surface area contributed by atoms with Crippen LogP contribution in [0.4, 0.5) is 5.69 Å². The zero-order valence-corrected chi connectivity index (χ0v) is 12.9. The van der Waals surface area contributed by atoms with Crippen LogP contribution in [-0.2, 0) is 14.8 Å². The number of methoxy groups -OCH3 is 1. The highest BCUT2D eigenvalue weighted by atomic mass is 35.5. The van der Waals surface area contributed by atoms with Crippen LogP contribution in [0.5, 0.6) is 0 Å². The van der Waals surface area contributed by atoms with Crippen molar-refractivity contribution >= 4 is 27.3 Å². The Labute approximate surface area is 127 Å². The Morgan fingerprint density at radius 3 is 2.62 bits per heavy atom. The molecule has 1 fully saturated rings. The molecule has 9 heteroatoms. The van der Waals surface area contributed by atoms with Gasteiger partial charge >= 0.3 is 0 Å². The van der Waals surface area contributed by atoms with Crippen molar-refractivity contribution in [2.45, 2.75) is 29.8 Å². The van der Waals surface area contributed by atoms with Crippen LogP contribution in [0.25, 0.3) is 0 Å². The number of nitro groups is 1. The number of nitro benzene ring substituents is 1. The number of rotatable bonds is 6. The van der Waals surface area contributed by atoms with Crippen LogP contribution < -0.4 is 4.72 Å².